The summed E-state index contributed by atoms with van der Waals surface area (Å²) in [6.45, 7) is 3.33. The number of ether oxygens (including phenoxy) is 3. The molecule has 0 unspecified atom stereocenters. The molecular weight excluding hydrogens is 448 g/mol. The fraction of sp³-hybridized carbons (Fsp3) is 0.321. The normalized spacial score (nSPS) is 19.2. The van der Waals surface area contributed by atoms with Crippen molar-refractivity contribution in [2.45, 2.75) is 43.3 Å². The molecule has 0 radical (unpaired) electrons. The number of carbonyl (C=O) groups is 1. The molecule has 0 bridgehead atoms. The molecule has 0 spiro atoms. The number of methoxy groups -OCH3 is 1. The van der Waals surface area contributed by atoms with Gasteiger partial charge in [-0.15, -0.1) is 11.8 Å². The number of carbonyl (C=O) groups excluding carboxylic acids is 1. The average molecular weight is 481 g/mol. The Balaban J connectivity index is 0.000000343. The Kier molecular flexibility index (Phi) is 10.6. The number of esters is 1. The second-order valence-corrected chi connectivity index (χ2v) is 9.46. The molecule has 3 aromatic carbocycles. The Bertz CT molecular complexity index is 979. The number of rotatable bonds is 8. The van der Waals surface area contributed by atoms with Gasteiger partial charge in [0, 0.05) is 18.8 Å². The van der Waals surface area contributed by atoms with Crippen LogP contribution in [0, 0.1) is 6.92 Å². The van der Waals surface area contributed by atoms with Crippen LogP contribution < -0.4 is 0 Å². The first-order valence-electron chi connectivity index (χ1n) is 11.3. The summed E-state index contributed by atoms with van der Waals surface area (Å²) in [5, 5.41) is 8.79. The maximum absolute atomic E-state index is 12.4. The Morgan fingerprint density at radius 2 is 1.56 bits per heavy atom. The predicted octanol–water partition coefficient (Wildman–Crippen LogP) is 5.39. The van der Waals surface area contributed by atoms with Crippen molar-refractivity contribution in [3.05, 3.63) is 107 Å². The summed E-state index contributed by atoms with van der Waals surface area (Å²) in [4.78, 5) is 12.4. The summed E-state index contributed by atoms with van der Waals surface area (Å²) in [7, 11) is 1.65. The smallest absolute Gasteiger partial charge is 0.338 e. The first-order valence-corrected chi connectivity index (χ1v) is 12.3. The van der Waals surface area contributed by atoms with Gasteiger partial charge in [0.2, 0.25) is 0 Å². The highest BCUT2D eigenvalue weighted by Crippen LogP contribution is 2.37. The van der Waals surface area contributed by atoms with Gasteiger partial charge in [-0.1, -0.05) is 78.4 Å². The zero-order chi connectivity index (χ0) is 24.2. The van der Waals surface area contributed by atoms with Crippen LogP contribution in [0.4, 0.5) is 0 Å². The lowest BCUT2D eigenvalue weighted by Gasteiger charge is -2.17. The highest BCUT2D eigenvalue weighted by Gasteiger charge is 2.38. The summed E-state index contributed by atoms with van der Waals surface area (Å²) in [5.74, 6) is -0.302. The van der Waals surface area contributed by atoms with E-state index in [4.69, 9.17) is 19.3 Å². The number of aliphatic hydroxyl groups excluding tert-OH is 1. The fourth-order valence-electron chi connectivity index (χ4n) is 3.48. The van der Waals surface area contributed by atoms with Gasteiger partial charge in [-0.25, -0.2) is 4.79 Å². The van der Waals surface area contributed by atoms with Crippen LogP contribution >= 0.6 is 11.8 Å². The molecule has 1 heterocycles. The van der Waals surface area contributed by atoms with Crippen LogP contribution in [0.1, 0.15) is 33.5 Å². The lowest BCUT2D eigenvalue weighted by molar-refractivity contribution is -0.00367. The maximum Gasteiger partial charge on any atom is 0.338 e. The number of aryl methyl sites for hydroxylation is 1. The average Bonchev–Trinajstić information content (AvgIpc) is 3.27. The SMILES string of the molecule is CO[C@@H]1S[C@H](COCc2ccccc2)C[C@@H]1OC(=O)c1ccc(C)cc1.OCc1ccccc1. The van der Waals surface area contributed by atoms with Crippen molar-refractivity contribution in [2.24, 2.45) is 0 Å². The summed E-state index contributed by atoms with van der Waals surface area (Å²) in [6.07, 6.45) is 0.472. The monoisotopic (exact) mass is 480 g/mol. The molecule has 1 aliphatic rings. The predicted molar refractivity (Wildman–Crippen MR) is 136 cm³/mol. The minimum absolute atomic E-state index is 0.140. The van der Waals surface area contributed by atoms with E-state index in [0.717, 1.165) is 23.1 Å². The van der Waals surface area contributed by atoms with Crippen molar-refractivity contribution < 1.29 is 24.1 Å². The Morgan fingerprint density at radius 1 is 0.941 bits per heavy atom. The maximum atomic E-state index is 12.4. The molecule has 180 valence electrons. The molecule has 3 atom stereocenters. The number of hydrogen-bond donors (Lipinski definition) is 1. The van der Waals surface area contributed by atoms with Gasteiger partial charge in [-0.2, -0.15) is 0 Å². The van der Waals surface area contributed by atoms with Gasteiger partial charge in [0.1, 0.15) is 11.5 Å². The van der Waals surface area contributed by atoms with Gasteiger partial charge < -0.3 is 19.3 Å². The highest BCUT2D eigenvalue weighted by atomic mass is 32.2. The molecular formula is C28H32O5S. The first-order chi connectivity index (χ1) is 16.6. The number of thioether (sulfide) groups is 1. The second-order valence-electron chi connectivity index (χ2n) is 8.05. The van der Waals surface area contributed by atoms with E-state index >= 15 is 0 Å². The molecule has 34 heavy (non-hydrogen) atoms. The van der Waals surface area contributed by atoms with Crippen molar-refractivity contribution in [1.29, 1.82) is 0 Å². The van der Waals surface area contributed by atoms with E-state index in [-0.39, 0.29) is 29.4 Å². The van der Waals surface area contributed by atoms with E-state index in [0.29, 0.717) is 18.8 Å². The topological polar surface area (TPSA) is 65.0 Å². The van der Waals surface area contributed by atoms with Crippen LogP contribution in [0.3, 0.4) is 0 Å². The Morgan fingerprint density at radius 3 is 2.12 bits per heavy atom. The van der Waals surface area contributed by atoms with E-state index < -0.39 is 0 Å². The number of aliphatic hydroxyl groups is 1. The summed E-state index contributed by atoms with van der Waals surface area (Å²) in [5.41, 5.74) is 3.64. The van der Waals surface area contributed by atoms with Crippen molar-refractivity contribution >= 4 is 17.7 Å². The van der Waals surface area contributed by atoms with Crippen molar-refractivity contribution in [2.75, 3.05) is 13.7 Å². The number of hydrogen-bond acceptors (Lipinski definition) is 6. The third kappa shape index (κ3) is 8.29. The zero-order valence-corrected chi connectivity index (χ0v) is 20.4. The number of benzene rings is 3. The van der Waals surface area contributed by atoms with Gasteiger partial charge in [-0.05, 0) is 30.2 Å². The molecule has 3 aromatic rings. The molecule has 0 amide bonds. The van der Waals surface area contributed by atoms with Crippen LogP contribution in [0.2, 0.25) is 0 Å². The summed E-state index contributed by atoms with van der Waals surface area (Å²) in [6, 6.07) is 27.0. The van der Waals surface area contributed by atoms with Crippen molar-refractivity contribution in [3.8, 4) is 0 Å². The lowest BCUT2D eigenvalue weighted by Crippen LogP contribution is -2.26. The molecule has 1 saturated heterocycles. The Labute approximate surface area is 206 Å². The van der Waals surface area contributed by atoms with Crippen LogP contribution in [0.15, 0.2) is 84.9 Å². The first kappa shape index (κ1) is 26.0. The standard InChI is InChI=1S/C21H24O4S.C7H8O/c1-15-8-10-17(11-9-15)20(22)25-19-12-18(26-21(19)23-2)14-24-13-16-6-4-3-5-7-16;8-6-7-4-2-1-3-5-7/h3-11,18-19,21H,12-14H2,1-2H3;1-5,8H,6H2/t18-,19-,21+;/m0./s1. The third-order valence-corrected chi connectivity index (χ3v) is 6.82. The van der Waals surface area contributed by atoms with Gasteiger partial charge in [-0.3, -0.25) is 0 Å². The molecule has 0 saturated carbocycles. The minimum atomic E-state index is -0.302. The van der Waals surface area contributed by atoms with E-state index in [1.54, 1.807) is 31.0 Å². The molecule has 4 rings (SSSR count). The van der Waals surface area contributed by atoms with Crippen LogP contribution in [0.5, 0.6) is 0 Å². The quantitative estimate of drug-likeness (QED) is 0.436. The van der Waals surface area contributed by atoms with Gasteiger partial charge in [0.05, 0.1) is 25.4 Å². The molecule has 1 aliphatic heterocycles. The highest BCUT2D eigenvalue weighted by molar-refractivity contribution is 8.00. The molecule has 1 N–H and O–H groups in total. The lowest BCUT2D eigenvalue weighted by atomic mass is 10.1. The molecule has 5 nitrogen and oxygen atoms in total. The minimum Gasteiger partial charge on any atom is -0.455 e. The molecule has 6 heteroatoms. The molecule has 0 aromatic heterocycles. The van der Waals surface area contributed by atoms with Crippen molar-refractivity contribution in [1.82, 2.24) is 0 Å². The van der Waals surface area contributed by atoms with E-state index in [9.17, 15) is 4.79 Å². The fourth-order valence-corrected chi connectivity index (χ4v) is 4.79. The third-order valence-electron chi connectivity index (χ3n) is 5.34. The van der Waals surface area contributed by atoms with Gasteiger partial charge in [0.15, 0.2) is 0 Å². The summed E-state index contributed by atoms with van der Waals surface area (Å²) < 4.78 is 17.0. The zero-order valence-electron chi connectivity index (χ0n) is 19.6. The van der Waals surface area contributed by atoms with E-state index in [1.807, 2.05) is 79.7 Å². The van der Waals surface area contributed by atoms with E-state index in [2.05, 4.69) is 0 Å². The van der Waals surface area contributed by atoms with Gasteiger partial charge in [0.25, 0.3) is 0 Å². The van der Waals surface area contributed by atoms with E-state index in [1.165, 1.54) is 0 Å². The van der Waals surface area contributed by atoms with Crippen LogP contribution in [0.25, 0.3) is 0 Å². The van der Waals surface area contributed by atoms with Crippen LogP contribution in [-0.2, 0) is 27.4 Å². The molecule has 1 fully saturated rings. The van der Waals surface area contributed by atoms with Crippen LogP contribution in [-0.4, -0.2) is 41.6 Å². The Hall–Kier alpha value is -2.64. The summed E-state index contributed by atoms with van der Waals surface area (Å²) >= 11 is 1.67. The molecule has 0 aliphatic carbocycles. The largest absolute Gasteiger partial charge is 0.455 e. The second kappa shape index (κ2) is 13.9. The van der Waals surface area contributed by atoms with Gasteiger partial charge >= 0.3 is 5.97 Å². The van der Waals surface area contributed by atoms with Crippen molar-refractivity contribution in [3.63, 3.8) is 0 Å².